The minimum Gasteiger partial charge on any atom is -0.758 e. The number of Topliss-reactive ketones (excluding diaryl/α,β-unsaturated/α-hetero) is 1. The van der Waals surface area contributed by atoms with E-state index in [0.29, 0.717) is 10.6 Å². The van der Waals surface area contributed by atoms with Gasteiger partial charge in [-0.2, -0.15) is 4.57 Å². The van der Waals surface area contributed by atoms with Gasteiger partial charge >= 0.3 is 0 Å². The number of nitrogens with zero attached hydrogens (tertiary/aromatic N) is 2. The lowest BCUT2D eigenvalue weighted by Crippen LogP contribution is -2.48. The van der Waals surface area contributed by atoms with Crippen LogP contribution in [0.5, 0.6) is 0 Å². The molecular weight excluding hydrogens is 395 g/mol. The van der Waals surface area contributed by atoms with Crippen LogP contribution < -0.4 is 4.57 Å². The molecule has 0 radical (unpaired) electrons. The fourth-order valence-electron chi connectivity index (χ4n) is 2.80. The van der Waals surface area contributed by atoms with E-state index in [9.17, 15) is 9.18 Å². The quantitative estimate of drug-likeness (QED) is 0.194. The number of aromatic nitrogens is 1. The second-order valence-electron chi connectivity index (χ2n) is 6.36. The van der Waals surface area contributed by atoms with E-state index in [1.165, 1.54) is 12.1 Å². The van der Waals surface area contributed by atoms with E-state index >= 15 is 0 Å². The van der Waals surface area contributed by atoms with Crippen LogP contribution in [0.4, 0.5) is 4.39 Å². The van der Waals surface area contributed by atoms with Crippen molar-refractivity contribution in [1.29, 1.82) is 0 Å². The van der Waals surface area contributed by atoms with Gasteiger partial charge in [0.25, 0.3) is 0 Å². The van der Waals surface area contributed by atoms with Crippen LogP contribution in [0.2, 0.25) is 5.02 Å². The van der Waals surface area contributed by atoms with Gasteiger partial charge in [0, 0.05) is 17.2 Å². The second-order valence-corrected chi connectivity index (χ2v) is 7.18. The molecule has 0 amide bonds. The molecular formula is C22H18ClFN2OS. The van der Waals surface area contributed by atoms with Crippen molar-refractivity contribution in [3.05, 3.63) is 101 Å². The van der Waals surface area contributed by atoms with E-state index < -0.39 is 6.04 Å². The van der Waals surface area contributed by atoms with E-state index in [1.807, 2.05) is 25.3 Å². The highest BCUT2D eigenvalue weighted by Crippen LogP contribution is 2.20. The summed E-state index contributed by atoms with van der Waals surface area (Å²) in [5, 5.41) is 0.608. The maximum atomic E-state index is 13.3. The molecule has 0 aliphatic heterocycles. The second kappa shape index (κ2) is 9.04. The Balaban J connectivity index is 1.98. The molecule has 1 heterocycles. The van der Waals surface area contributed by atoms with Crippen molar-refractivity contribution in [2.75, 3.05) is 0 Å². The minimum atomic E-state index is -0.796. The predicted octanol–water partition coefficient (Wildman–Crippen LogP) is 4.64. The molecule has 3 rings (SSSR count). The summed E-state index contributed by atoms with van der Waals surface area (Å²) in [7, 11) is 0. The largest absolute Gasteiger partial charge is 0.758 e. The molecule has 0 spiro atoms. The van der Waals surface area contributed by atoms with Gasteiger partial charge in [-0.3, -0.25) is 4.79 Å². The number of carbonyl (C=O) groups is 1. The molecule has 0 N–H and O–H groups in total. The SMILES string of the molecule is Cc1ccc[n+]([C@@H](C(=O)c2ccccc2Cl)C([S-])=NCc2ccc(F)cc2)c1. The summed E-state index contributed by atoms with van der Waals surface area (Å²) in [6, 6.07) is 15.9. The third kappa shape index (κ3) is 4.80. The first-order chi connectivity index (χ1) is 13.5. The summed E-state index contributed by atoms with van der Waals surface area (Å²) in [6.45, 7) is 2.20. The molecule has 2 aromatic carbocycles. The lowest BCUT2D eigenvalue weighted by atomic mass is 10.0. The fraction of sp³-hybridized carbons (Fsp3) is 0.136. The molecule has 0 aliphatic carbocycles. The van der Waals surface area contributed by atoms with E-state index in [-0.39, 0.29) is 23.2 Å². The van der Waals surface area contributed by atoms with Crippen LogP contribution in [0.1, 0.15) is 27.5 Å². The third-order valence-corrected chi connectivity index (χ3v) is 4.90. The summed E-state index contributed by atoms with van der Waals surface area (Å²) in [5.74, 6) is -0.539. The van der Waals surface area contributed by atoms with E-state index in [0.717, 1.165) is 11.1 Å². The number of aryl methyl sites for hydroxylation is 1. The van der Waals surface area contributed by atoms with Gasteiger partial charge in [0.1, 0.15) is 5.82 Å². The molecule has 0 bridgehead atoms. The maximum absolute atomic E-state index is 13.3. The first-order valence-electron chi connectivity index (χ1n) is 8.67. The van der Waals surface area contributed by atoms with Crippen molar-refractivity contribution in [2.24, 2.45) is 4.99 Å². The minimum absolute atomic E-state index is 0.228. The Hall–Kier alpha value is -2.63. The smallest absolute Gasteiger partial charge is 0.237 e. The molecule has 0 aliphatic rings. The lowest BCUT2D eigenvalue weighted by molar-refractivity contribution is -0.692. The molecule has 3 aromatic rings. The zero-order valence-corrected chi connectivity index (χ0v) is 16.8. The Kier molecular flexibility index (Phi) is 6.49. The standard InChI is InChI=1S/C22H18ClFN2OS/c1-15-5-4-12-26(14-15)20(21(27)18-6-2-3-7-19(18)23)22(28)25-13-16-8-10-17(24)11-9-16/h2-12,14,20H,13H2,1H3/t20-/m0/s1. The van der Waals surface area contributed by atoms with Gasteiger partial charge in [-0.25, -0.2) is 4.39 Å². The van der Waals surface area contributed by atoms with Crippen molar-refractivity contribution in [2.45, 2.75) is 19.5 Å². The number of pyridine rings is 1. The van der Waals surface area contributed by atoms with Gasteiger partial charge < -0.3 is 17.6 Å². The van der Waals surface area contributed by atoms with Crippen LogP contribution in [0.3, 0.4) is 0 Å². The van der Waals surface area contributed by atoms with Crippen molar-refractivity contribution in [1.82, 2.24) is 0 Å². The number of aliphatic imine (C=N–C) groups is 1. The summed E-state index contributed by atoms with van der Waals surface area (Å²) in [5.41, 5.74) is 2.19. The first kappa shape index (κ1) is 20.1. The Morgan fingerprint density at radius 2 is 1.86 bits per heavy atom. The molecule has 6 heteroatoms. The highest BCUT2D eigenvalue weighted by atomic mass is 35.5. The molecule has 0 saturated heterocycles. The molecule has 1 atom stereocenters. The van der Waals surface area contributed by atoms with E-state index in [2.05, 4.69) is 4.99 Å². The van der Waals surface area contributed by atoms with Gasteiger partial charge in [0.2, 0.25) is 11.8 Å². The number of ketones is 1. The average molecular weight is 413 g/mol. The fourth-order valence-corrected chi connectivity index (χ4v) is 3.33. The summed E-state index contributed by atoms with van der Waals surface area (Å²) < 4.78 is 14.8. The number of hydrogen-bond donors (Lipinski definition) is 0. The molecule has 0 saturated carbocycles. The molecule has 1 aromatic heterocycles. The predicted molar refractivity (Wildman–Crippen MR) is 111 cm³/mol. The maximum Gasteiger partial charge on any atom is 0.237 e. The molecule has 0 fully saturated rings. The summed E-state index contributed by atoms with van der Waals surface area (Å²) >= 11 is 11.8. The van der Waals surface area contributed by atoms with Crippen molar-refractivity contribution < 1.29 is 13.8 Å². The van der Waals surface area contributed by atoms with Crippen LogP contribution in [-0.4, -0.2) is 10.8 Å². The van der Waals surface area contributed by atoms with Crippen molar-refractivity contribution >= 4 is 35.1 Å². The van der Waals surface area contributed by atoms with Gasteiger partial charge in [-0.1, -0.05) is 35.9 Å². The normalized spacial score (nSPS) is 12.6. The Morgan fingerprint density at radius 3 is 2.54 bits per heavy atom. The monoisotopic (exact) mass is 412 g/mol. The van der Waals surface area contributed by atoms with Crippen LogP contribution >= 0.6 is 11.6 Å². The van der Waals surface area contributed by atoms with Crippen LogP contribution in [0, 0.1) is 12.7 Å². The van der Waals surface area contributed by atoms with Crippen LogP contribution in [0.25, 0.3) is 0 Å². The summed E-state index contributed by atoms with van der Waals surface area (Å²) in [6.07, 6.45) is 3.63. The van der Waals surface area contributed by atoms with Crippen LogP contribution in [0.15, 0.2) is 78.0 Å². The number of carbonyl (C=O) groups excluding carboxylic acids is 1. The highest BCUT2D eigenvalue weighted by Gasteiger charge is 2.29. The molecule has 142 valence electrons. The van der Waals surface area contributed by atoms with Gasteiger partial charge in [0.05, 0.1) is 11.6 Å². The molecule has 0 unspecified atom stereocenters. The molecule has 3 nitrogen and oxygen atoms in total. The number of benzene rings is 2. The van der Waals surface area contributed by atoms with Gasteiger partial charge in [-0.05, 0) is 47.9 Å². The average Bonchev–Trinajstić information content (AvgIpc) is 2.68. The number of hydrogen-bond acceptors (Lipinski definition) is 3. The zero-order chi connectivity index (χ0) is 20.1. The van der Waals surface area contributed by atoms with Crippen molar-refractivity contribution in [3.8, 4) is 0 Å². The number of halogens is 2. The number of rotatable bonds is 6. The topological polar surface area (TPSA) is 33.3 Å². The third-order valence-electron chi connectivity index (χ3n) is 4.22. The Bertz CT molecular complexity index is 1020. The van der Waals surface area contributed by atoms with Crippen LogP contribution in [-0.2, 0) is 19.2 Å². The molecule has 28 heavy (non-hydrogen) atoms. The lowest BCUT2D eigenvalue weighted by Gasteiger charge is -2.19. The van der Waals surface area contributed by atoms with Crippen molar-refractivity contribution in [3.63, 3.8) is 0 Å². The highest BCUT2D eigenvalue weighted by molar-refractivity contribution is 7.77. The summed E-state index contributed by atoms with van der Waals surface area (Å²) in [4.78, 5) is 17.7. The van der Waals surface area contributed by atoms with E-state index in [1.54, 1.807) is 47.2 Å². The van der Waals surface area contributed by atoms with Gasteiger partial charge in [-0.15, -0.1) is 0 Å². The first-order valence-corrected chi connectivity index (χ1v) is 9.46. The Morgan fingerprint density at radius 1 is 1.14 bits per heavy atom. The van der Waals surface area contributed by atoms with E-state index in [4.69, 9.17) is 24.2 Å². The van der Waals surface area contributed by atoms with Gasteiger partial charge in [0.15, 0.2) is 12.4 Å². The Labute approximate surface area is 173 Å². The zero-order valence-electron chi connectivity index (χ0n) is 15.2.